The van der Waals surface area contributed by atoms with Crippen molar-refractivity contribution in [3.63, 3.8) is 0 Å². The molecule has 0 saturated carbocycles. The number of carbonyl (C=O) groups is 2. The van der Waals surface area contributed by atoms with Crippen LogP contribution in [0, 0.1) is 0 Å². The second kappa shape index (κ2) is 6.73. The number of hydrogen-bond acceptors (Lipinski definition) is 3. The fraction of sp³-hybridized carbons (Fsp3) is 0.125. The fourth-order valence-electron chi connectivity index (χ4n) is 2.31. The lowest BCUT2D eigenvalue weighted by Gasteiger charge is -2.15. The number of amides is 2. The number of benzene rings is 2. The van der Waals surface area contributed by atoms with E-state index < -0.39 is 5.25 Å². The van der Waals surface area contributed by atoms with Crippen LogP contribution in [0.15, 0.2) is 47.4 Å². The van der Waals surface area contributed by atoms with Crippen LogP contribution in [0.25, 0.3) is 0 Å². The van der Waals surface area contributed by atoms with Crippen LogP contribution in [0.3, 0.4) is 0 Å². The first kappa shape index (κ1) is 16.7. The van der Waals surface area contributed by atoms with Crippen molar-refractivity contribution >= 4 is 64.1 Å². The number of rotatable bonds is 3. The Balaban J connectivity index is 1.83. The summed E-state index contributed by atoms with van der Waals surface area (Å²) in [6.45, 7) is 0. The van der Waals surface area contributed by atoms with E-state index in [0.717, 1.165) is 9.80 Å². The zero-order chi connectivity index (χ0) is 16.6. The number of nitrogens with zero attached hydrogens (tertiary/aromatic N) is 1. The maximum absolute atomic E-state index is 12.6. The quantitative estimate of drug-likeness (QED) is 0.691. The van der Waals surface area contributed by atoms with Crippen molar-refractivity contribution in [3.8, 4) is 0 Å². The average molecular weight is 387 g/mol. The van der Waals surface area contributed by atoms with E-state index in [1.54, 1.807) is 30.3 Å². The molecule has 1 heterocycles. The first-order chi connectivity index (χ1) is 10.9. The van der Waals surface area contributed by atoms with Gasteiger partial charge in [0.2, 0.25) is 11.8 Å². The summed E-state index contributed by atoms with van der Waals surface area (Å²) in [6.07, 6.45) is 0.135. The summed E-state index contributed by atoms with van der Waals surface area (Å²) < 4.78 is 0. The standard InChI is InChI=1S/C16H10Cl3NO2S/c17-9-1-3-13(4-2-9)23-14-8-15(21)20(16(14)22)12-6-10(18)5-11(19)7-12/h1-7,14H,8H2/t14-/m0/s1. The molecule has 1 atom stereocenters. The van der Waals surface area contributed by atoms with Gasteiger partial charge in [-0.25, -0.2) is 4.90 Å². The van der Waals surface area contributed by atoms with Crippen LogP contribution in [-0.2, 0) is 9.59 Å². The van der Waals surface area contributed by atoms with E-state index in [2.05, 4.69) is 0 Å². The molecule has 7 heteroatoms. The third-order valence-electron chi connectivity index (χ3n) is 3.30. The van der Waals surface area contributed by atoms with E-state index >= 15 is 0 Å². The maximum Gasteiger partial charge on any atom is 0.247 e. The highest BCUT2D eigenvalue weighted by Gasteiger charge is 2.40. The Labute approximate surface area is 152 Å². The molecule has 0 unspecified atom stereocenters. The zero-order valence-corrected chi connectivity index (χ0v) is 14.7. The van der Waals surface area contributed by atoms with Gasteiger partial charge >= 0.3 is 0 Å². The van der Waals surface area contributed by atoms with Gasteiger partial charge in [0, 0.05) is 26.4 Å². The number of hydrogen-bond donors (Lipinski definition) is 0. The van der Waals surface area contributed by atoms with Gasteiger partial charge in [0.25, 0.3) is 0 Å². The van der Waals surface area contributed by atoms with Gasteiger partial charge in [-0.15, -0.1) is 11.8 Å². The maximum atomic E-state index is 12.6. The minimum absolute atomic E-state index is 0.135. The molecule has 1 fully saturated rings. The van der Waals surface area contributed by atoms with Gasteiger partial charge in [-0.05, 0) is 42.5 Å². The lowest BCUT2D eigenvalue weighted by atomic mass is 10.3. The summed E-state index contributed by atoms with van der Waals surface area (Å²) >= 11 is 19.1. The molecule has 0 aromatic heterocycles. The Morgan fingerprint density at radius 3 is 2.13 bits per heavy atom. The molecular weight excluding hydrogens is 377 g/mol. The molecule has 2 aromatic carbocycles. The first-order valence-corrected chi connectivity index (χ1v) is 8.70. The third-order valence-corrected chi connectivity index (χ3v) is 5.19. The Morgan fingerprint density at radius 2 is 1.52 bits per heavy atom. The first-order valence-electron chi connectivity index (χ1n) is 6.69. The number of anilines is 1. The number of carbonyl (C=O) groups excluding carboxylic acids is 2. The van der Waals surface area contributed by atoms with Crippen molar-refractivity contribution in [2.24, 2.45) is 0 Å². The Bertz CT molecular complexity index is 759. The summed E-state index contributed by atoms with van der Waals surface area (Å²) in [5.41, 5.74) is 0.400. The van der Waals surface area contributed by atoms with Gasteiger partial charge < -0.3 is 0 Å². The van der Waals surface area contributed by atoms with Crippen LogP contribution in [0.2, 0.25) is 15.1 Å². The van der Waals surface area contributed by atoms with Gasteiger partial charge in [0.05, 0.1) is 10.9 Å². The number of halogens is 3. The molecule has 0 radical (unpaired) electrons. The van der Waals surface area contributed by atoms with Gasteiger partial charge in [-0.2, -0.15) is 0 Å². The lowest BCUT2D eigenvalue weighted by molar-refractivity contribution is -0.121. The Morgan fingerprint density at radius 1 is 0.913 bits per heavy atom. The molecule has 1 aliphatic rings. The molecule has 1 saturated heterocycles. The Kier molecular flexibility index (Phi) is 4.87. The number of imide groups is 1. The van der Waals surface area contributed by atoms with Crippen LogP contribution < -0.4 is 4.90 Å². The highest BCUT2D eigenvalue weighted by atomic mass is 35.5. The molecule has 1 aliphatic heterocycles. The van der Waals surface area contributed by atoms with Crippen molar-refractivity contribution < 1.29 is 9.59 Å². The molecule has 23 heavy (non-hydrogen) atoms. The predicted molar refractivity (Wildman–Crippen MR) is 94.7 cm³/mol. The second-order valence-electron chi connectivity index (χ2n) is 4.96. The molecule has 2 amide bonds. The monoisotopic (exact) mass is 385 g/mol. The third kappa shape index (κ3) is 3.66. The molecule has 0 bridgehead atoms. The summed E-state index contributed by atoms with van der Waals surface area (Å²) in [5.74, 6) is -0.534. The minimum atomic E-state index is -0.471. The smallest absolute Gasteiger partial charge is 0.247 e. The highest BCUT2D eigenvalue weighted by molar-refractivity contribution is 8.00. The van der Waals surface area contributed by atoms with E-state index in [1.807, 2.05) is 12.1 Å². The number of thioether (sulfide) groups is 1. The topological polar surface area (TPSA) is 37.4 Å². The second-order valence-corrected chi connectivity index (χ2v) is 7.55. The van der Waals surface area contributed by atoms with Gasteiger partial charge in [0.15, 0.2) is 0 Å². The average Bonchev–Trinajstić information content (AvgIpc) is 2.75. The van der Waals surface area contributed by atoms with E-state index in [4.69, 9.17) is 34.8 Å². The zero-order valence-electron chi connectivity index (χ0n) is 11.6. The van der Waals surface area contributed by atoms with E-state index in [1.165, 1.54) is 11.8 Å². The summed E-state index contributed by atoms with van der Waals surface area (Å²) in [4.78, 5) is 26.9. The molecule has 0 N–H and O–H groups in total. The van der Waals surface area contributed by atoms with Crippen LogP contribution in [-0.4, -0.2) is 17.1 Å². The van der Waals surface area contributed by atoms with Crippen molar-refractivity contribution in [2.75, 3.05) is 4.90 Å². The molecule has 0 spiro atoms. The normalized spacial score (nSPS) is 17.9. The van der Waals surface area contributed by atoms with Crippen LogP contribution in [0.5, 0.6) is 0 Å². The van der Waals surface area contributed by atoms with E-state index in [9.17, 15) is 9.59 Å². The summed E-state index contributed by atoms with van der Waals surface area (Å²) in [7, 11) is 0. The van der Waals surface area contributed by atoms with Crippen molar-refractivity contribution in [2.45, 2.75) is 16.6 Å². The minimum Gasteiger partial charge on any atom is -0.274 e. The van der Waals surface area contributed by atoms with Crippen LogP contribution in [0.1, 0.15) is 6.42 Å². The van der Waals surface area contributed by atoms with E-state index in [0.29, 0.717) is 20.8 Å². The van der Waals surface area contributed by atoms with Crippen LogP contribution in [0.4, 0.5) is 5.69 Å². The van der Waals surface area contributed by atoms with Crippen molar-refractivity contribution in [1.82, 2.24) is 0 Å². The molecule has 2 aromatic rings. The van der Waals surface area contributed by atoms with Crippen molar-refractivity contribution in [1.29, 1.82) is 0 Å². The molecule has 3 nitrogen and oxygen atoms in total. The SMILES string of the molecule is O=C1C[C@H](Sc2ccc(Cl)cc2)C(=O)N1c1cc(Cl)cc(Cl)c1. The predicted octanol–water partition coefficient (Wildman–Crippen LogP) is 5.07. The molecule has 0 aliphatic carbocycles. The fourth-order valence-corrected chi connectivity index (χ4v) is 4.01. The van der Waals surface area contributed by atoms with Gasteiger partial charge in [0.1, 0.15) is 0 Å². The van der Waals surface area contributed by atoms with Crippen molar-refractivity contribution in [3.05, 3.63) is 57.5 Å². The van der Waals surface area contributed by atoms with Gasteiger partial charge in [-0.1, -0.05) is 34.8 Å². The summed E-state index contributed by atoms with van der Waals surface area (Å²) in [6, 6.07) is 11.8. The largest absolute Gasteiger partial charge is 0.274 e. The summed E-state index contributed by atoms with van der Waals surface area (Å²) in [5, 5.41) is 0.906. The Hall–Kier alpha value is -1.20. The lowest BCUT2D eigenvalue weighted by Crippen LogP contribution is -2.31. The highest BCUT2D eigenvalue weighted by Crippen LogP contribution is 2.36. The van der Waals surface area contributed by atoms with Gasteiger partial charge in [-0.3, -0.25) is 9.59 Å². The molecule has 118 valence electrons. The molecule has 3 rings (SSSR count). The van der Waals surface area contributed by atoms with Crippen LogP contribution >= 0.6 is 46.6 Å². The van der Waals surface area contributed by atoms with E-state index in [-0.39, 0.29) is 18.2 Å². The molecular formula is C16H10Cl3NO2S.